The predicted molar refractivity (Wildman–Crippen MR) is 120 cm³/mol. The van der Waals surface area contributed by atoms with Gasteiger partial charge in [0.15, 0.2) is 0 Å². The number of fused-ring (bicyclic) bond motifs is 3. The van der Waals surface area contributed by atoms with E-state index in [0.29, 0.717) is 0 Å². The lowest BCUT2D eigenvalue weighted by molar-refractivity contribution is 1.77. The van der Waals surface area contributed by atoms with E-state index < -0.39 is 0 Å². The van der Waals surface area contributed by atoms with Gasteiger partial charge >= 0.3 is 0 Å². The Bertz CT molecular complexity index is 743. The zero-order chi connectivity index (χ0) is 11.9. The summed E-state index contributed by atoms with van der Waals surface area (Å²) in [7, 11) is 0. The second-order valence-electron chi connectivity index (χ2n) is 4.75. The molecule has 0 bridgehead atoms. The summed E-state index contributed by atoms with van der Waals surface area (Å²) in [5.74, 6) is 0. The fourth-order valence-electron chi connectivity index (χ4n) is 2.63. The quantitative estimate of drug-likeness (QED) is 0.199. The van der Waals surface area contributed by atoms with Crippen molar-refractivity contribution in [3.05, 3.63) is 72.8 Å². The fourth-order valence-corrected chi connectivity index (χ4v) is 2.63. The minimum Gasteiger partial charge on any atom is -0.114 e. The van der Waals surface area contributed by atoms with Crippen LogP contribution in [0.4, 0.5) is 0 Å². The van der Waals surface area contributed by atoms with Crippen molar-refractivity contribution in [3.8, 4) is 0 Å². The molecule has 0 aliphatic carbocycles. The van der Waals surface area contributed by atoms with Gasteiger partial charge in [-0.25, -0.2) is 0 Å². The molecule has 0 nitrogen and oxygen atoms in total. The monoisotopic (exact) mass is 548 g/mol. The van der Waals surface area contributed by atoms with E-state index in [2.05, 4.69) is 72.8 Å². The number of hydrogen-bond donors (Lipinski definition) is 0. The fraction of sp³-hybridized carbons (Fsp3) is 0. The maximum atomic E-state index is 2.27. The molecule has 0 N–H and O–H groups in total. The normalized spacial score (nSPS) is 9.27. The summed E-state index contributed by atoms with van der Waals surface area (Å²) in [4.78, 5) is 0. The zero-order valence-corrected chi connectivity index (χ0v) is 18.4. The van der Waals surface area contributed by atoms with Crippen molar-refractivity contribution in [1.82, 2.24) is 0 Å². The van der Waals surface area contributed by atoms with Crippen LogP contribution < -0.4 is 0 Å². The first kappa shape index (κ1) is 21.6. The first-order valence-corrected chi connectivity index (χ1v) is 6.21. The predicted octanol–water partition coefficient (Wildman–Crippen LogP) is 7.46. The molecule has 0 aromatic heterocycles. The highest BCUT2D eigenvalue weighted by atomic mass is 79.9. The van der Waals surface area contributed by atoms with Crippen molar-refractivity contribution in [1.29, 1.82) is 0 Å². The van der Waals surface area contributed by atoms with E-state index in [1.54, 1.807) is 0 Å². The largest absolute Gasteiger partial charge is 0.114 e. The summed E-state index contributed by atoms with van der Waals surface area (Å²) in [5.41, 5.74) is 0. The van der Waals surface area contributed by atoms with Gasteiger partial charge in [-0.15, -0.1) is 67.9 Å². The van der Waals surface area contributed by atoms with Gasteiger partial charge in [0.05, 0.1) is 0 Å². The highest BCUT2D eigenvalue weighted by Crippen LogP contribution is 2.27. The molecule has 0 saturated carbocycles. The van der Waals surface area contributed by atoms with Gasteiger partial charge in [0.1, 0.15) is 0 Å². The van der Waals surface area contributed by atoms with Crippen LogP contribution in [0.15, 0.2) is 72.8 Å². The highest BCUT2D eigenvalue weighted by molar-refractivity contribution is 8.93. The van der Waals surface area contributed by atoms with E-state index in [9.17, 15) is 0 Å². The molecular formula is C18H16Br4. The van der Waals surface area contributed by atoms with E-state index in [0.717, 1.165) is 0 Å². The molecule has 116 valence electrons. The van der Waals surface area contributed by atoms with Crippen molar-refractivity contribution in [2.24, 2.45) is 0 Å². The molecular weight excluding hydrogens is 536 g/mol. The molecule has 22 heavy (non-hydrogen) atoms. The van der Waals surface area contributed by atoms with Crippen molar-refractivity contribution in [3.63, 3.8) is 0 Å². The van der Waals surface area contributed by atoms with Crippen LogP contribution in [0.5, 0.6) is 0 Å². The third kappa shape index (κ3) is 3.91. The average molecular weight is 552 g/mol. The van der Waals surface area contributed by atoms with Crippen molar-refractivity contribution >= 4 is 100 Å². The second-order valence-corrected chi connectivity index (χ2v) is 4.75. The van der Waals surface area contributed by atoms with Crippen LogP contribution in [0, 0.1) is 0 Å². The van der Waals surface area contributed by atoms with Crippen LogP contribution >= 0.6 is 67.9 Å². The summed E-state index contributed by atoms with van der Waals surface area (Å²) in [6.07, 6.45) is 0. The lowest BCUT2D eigenvalue weighted by Gasteiger charge is -2.04. The van der Waals surface area contributed by atoms with Crippen molar-refractivity contribution in [2.45, 2.75) is 0 Å². The van der Waals surface area contributed by atoms with E-state index in [-0.39, 0.29) is 67.9 Å². The average Bonchev–Trinajstić information content (AvgIpc) is 2.42. The maximum Gasteiger partial charge on any atom is -0.0171 e. The van der Waals surface area contributed by atoms with Crippen LogP contribution in [-0.2, 0) is 0 Å². The minimum atomic E-state index is 0. The van der Waals surface area contributed by atoms with Crippen LogP contribution in [-0.4, -0.2) is 0 Å². The Morgan fingerprint density at radius 2 is 0.545 bits per heavy atom. The van der Waals surface area contributed by atoms with Gasteiger partial charge in [0.2, 0.25) is 0 Å². The Hall–Kier alpha value is -0.420. The Balaban J connectivity index is 0.00000110. The molecule has 4 rings (SSSR count). The standard InChI is InChI=1S/C18H12.4BrH/c1-2-6-14-10-18-12-16-8-4-3-7-15(16)11-17(18)9-13(14)5-1;;;;/h1-12H;4*1H. The molecule has 0 atom stereocenters. The third-order valence-corrected chi connectivity index (χ3v) is 3.57. The maximum absolute atomic E-state index is 2.27. The van der Waals surface area contributed by atoms with E-state index in [4.69, 9.17) is 0 Å². The summed E-state index contributed by atoms with van der Waals surface area (Å²) in [6.45, 7) is 0. The molecule has 0 amide bonds. The first-order chi connectivity index (χ1) is 8.90. The Kier molecular flexibility index (Phi) is 8.85. The third-order valence-electron chi connectivity index (χ3n) is 3.57. The van der Waals surface area contributed by atoms with Gasteiger partial charge in [-0.3, -0.25) is 0 Å². The van der Waals surface area contributed by atoms with Gasteiger partial charge < -0.3 is 0 Å². The molecule has 0 fully saturated rings. The first-order valence-electron chi connectivity index (χ1n) is 6.21. The Labute approximate surface area is 172 Å². The topological polar surface area (TPSA) is 0 Å². The van der Waals surface area contributed by atoms with Crippen LogP contribution in [0.3, 0.4) is 0 Å². The summed E-state index contributed by atoms with van der Waals surface area (Å²) in [5, 5.41) is 7.85. The SMILES string of the molecule is Br.Br.Br.Br.c1ccc2cc3cc4ccccc4cc3cc2c1. The zero-order valence-electron chi connectivity index (χ0n) is 11.6. The van der Waals surface area contributed by atoms with Gasteiger partial charge in [-0.1, -0.05) is 48.5 Å². The number of rotatable bonds is 0. The molecule has 4 aromatic rings. The van der Waals surface area contributed by atoms with Gasteiger partial charge in [-0.2, -0.15) is 0 Å². The molecule has 0 spiro atoms. The van der Waals surface area contributed by atoms with E-state index >= 15 is 0 Å². The molecule has 4 aromatic carbocycles. The van der Waals surface area contributed by atoms with Crippen molar-refractivity contribution < 1.29 is 0 Å². The lowest BCUT2D eigenvalue weighted by atomic mass is 10.00. The second kappa shape index (κ2) is 9.02. The number of halogens is 4. The highest BCUT2D eigenvalue weighted by Gasteiger charge is 2.00. The number of benzene rings is 4. The van der Waals surface area contributed by atoms with Gasteiger partial charge in [-0.05, 0) is 56.6 Å². The minimum absolute atomic E-state index is 0. The Morgan fingerprint density at radius 1 is 0.318 bits per heavy atom. The van der Waals surface area contributed by atoms with E-state index in [1.165, 1.54) is 32.3 Å². The molecule has 0 radical (unpaired) electrons. The molecule has 0 heterocycles. The summed E-state index contributed by atoms with van der Waals surface area (Å²) < 4.78 is 0. The van der Waals surface area contributed by atoms with Crippen LogP contribution in [0.25, 0.3) is 32.3 Å². The molecule has 4 heteroatoms. The van der Waals surface area contributed by atoms with Gasteiger partial charge in [0, 0.05) is 0 Å². The van der Waals surface area contributed by atoms with Crippen molar-refractivity contribution in [2.75, 3.05) is 0 Å². The lowest BCUT2D eigenvalue weighted by Crippen LogP contribution is -1.78. The number of hydrogen-bond acceptors (Lipinski definition) is 0. The molecule has 0 unspecified atom stereocenters. The summed E-state index contributed by atoms with van der Waals surface area (Å²) >= 11 is 0. The van der Waals surface area contributed by atoms with Crippen LogP contribution in [0.1, 0.15) is 0 Å². The molecule has 0 saturated heterocycles. The Morgan fingerprint density at radius 3 is 0.773 bits per heavy atom. The smallest absolute Gasteiger partial charge is 0.0171 e. The van der Waals surface area contributed by atoms with Gasteiger partial charge in [0.25, 0.3) is 0 Å². The molecule has 0 aliphatic heterocycles. The molecule has 0 aliphatic rings. The van der Waals surface area contributed by atoms with E-state index in [1.807, 2.05) is 0 Å². The van der Waals surface area contributed by atoms with Crippen LogP contribution in [0.2, 0.25) is 0 Å². The summed E-state index contributed by atoms with van der Waals surface area (Å²) in [6, 6.07) is 26.2.